The molecule has 140 valence electrons. The molecule has 0 aromatic carbocycles. The summed E-state index contributed by atoms with van der Waals surface area (Å²) in [5.74, 6) is 0.931. The van der Waals surface area contributed by atoms with E-state index in [9.17, 15) is 9.59 Å². The number of rotatable bonds is 6. The second-order valence-corrected chi connectivity index (χ2v) is 5.65. The summed E-state index contributed by atoms with van der Waals surface area (Å²) in [5, 5.41) is 6.51. The fraction of sp³-hybridized carbons (Fsp3) is 0.562. The predicted octanol–water partition coefficient (Wildman–Crippen LogP) is 1.06. The van der Waals surface area contributed by atoms with Gasteiger partial charge >= 0.3 is 0 Å². The van der Waals surface area contributed by atoms with Crippen LogP contribution in [0.3, 0.4) is 0 Å². The van der Waals surface area contributed by atoms with E-state index in [0.29, 0.717) is 31.2 Å². The summed E-state index contributed by atoms with van der Waals surface area (Å²) in [4.78, 5) is 29.1. The summed E-state index contributed by atoms with van der Waals surface area (Å²) in [5.41, 5.74) is 5.16. The third kappa shape index (κ3) is 6.22. The molecule has 1 aromatic rings. The number of nitrogens with zero attached hydrogens (tertiary/aromatic N) is 2. The summed E-state index contributed by atoms with van der Waals surface area (Å²) in [6.07, 6.45) is 1.42. The molecule has 0 spiro atoms. The van der Waals surface area contributed by atoms with E-state index in [0.717, 1.165) is 19.5 Å². The van der Waals surface area contributed by atoms with Gasteiger partial charge in [-0.05, 0) is 25.5 Å². The Morgan fingerprint density at radius 1 is 1.40 bits per heavy atom. The summed E-state index contributed by atoms with van der Waals surface area (Å²) >= 11 is 0. The highest BCUT2D eigenvalue weighted by atomic mass is 127. The van der Waals surface area contributed by atoms with Crippen molar-refractivity contribution in [1.29, 1.82) is 0 Å². The number of hydrogen-bond acceptors (Lipinski definition) is 4. The third-order valence-corrected chi connectivity index (χ3v) is 3.83. The average molecular weight is 463 g/mol. The lowest BCUT2D eigenvalue weighted by atomic mass is 10.3. The van der Waals surface area contributed by atoms with E-state index in [1.54, 1.807) is 12.1 Å². The largest absolute Gasteiger partial charge is 0.454 e. The number of likely N-dealkylation sites (tertiary alicyclic amines) is 1. The normalized spacial score (nSPS) is 17.1. The zero-order valence-corrected chi connectivity index (χ0v) is 16.9. The topological polar surface area (TPSA) is 113 Å². The average Bonchev–Trinajstić information content (AvgIpc) is 3.21. The van der Waals surface area contributed by atoms with E-state index in [2.05, 4.69) is 15.6 Å². The number of carbonyl (C=O) groups is 2. The zero-order chi connectivity index (χ0) is 17.5. The molecule has 25 heavy (non-hydrogen) atoms. The van der Waals surface area contributed by atoms with Gasteiger partial charge in [-0.3, -0.25) is 9.59 Å². The Bertz CT molecular complexity index is 617. The minimum atomic E-state index is -0.595. The van der Waals surface area contributed by atoms with Crippen molar-refractivity contribution in [3.8, 4) is 0 Å². The summed E-state index contributed by atoms with van der Waals surface area (Å²) in [6.45, 7) is 6.33. The van der Waals surface area contributed by atoms with Crippen molar-refractivity contribution >= 4 is 41.8 Å². The van der Waals surface area contributed by atoms with Gasteiger partial charge in [0.1, 0.15) is 12.3 Å². The minimum absolute atomic E-state index is 0. The highest BCUT2D eigenvalue weighted by Crippen LogP contribution is 2.11. The molecule has 1 aromatic heterocycles. The van der Waals surface area contributed by atoms with E-state index < -0.39 is 5.91 Å². The van der Waals surface area contributed by atoms with Crippen LogP contribution in [0, 0.1) is 0 Å². The molecule has 1 saturated heterocycles. The molecule has 1 aliphatic heterocycles. The molecule has 2 heterocycles. The summed E-state index contributed by atoms with van der Waals surface area (Å²) < 4.78 is 5.32. The number of amides is 2. The fourth-order valence-corrected chi connectivity index (χ4v) is 2.59. The molecular formula is C16H26IN5O3. The molecule has 1 unspecified atom stereocenters. The predicted molar refractivity (Wildman–Crippen MR) is 106 cm³/mol. The van der Waals surface area contributed by atoms with Gasteiger partial charge in [0.15, 0.2) is 11.7 Å². The van der Waals surface area contributed by atoms with Crippen LogP contribution in [0.15, 0.2) is 21.5 Å². The van der Waals surface area contributed by atoms with E-state index in [-0.39, 0.29) is 41.7 Å². The Kier molecular flexibility index (Phi) is 8.73. The SMILES string of the molecule is CCNC(=NCc1ccc(C(N)=O)o1)NC1CCN(C(=O)CC)C1.I. The lowest BCUT2D eigenvalue weighted by molar-refractivity contribution is -0.129. The molecule has 1 fully saturated rings. The van der Waals surface area contributed by atoms with Gasteiger partial charge in [-0.25, -0.2) is 4.99 Å². The highest BCUT2D eigenvalue weighted by molar-refractivity contribution is 14.0. The van der Waals surface area contributed by atoms with Gasteiger partial charge in [0.2, 0.25) is 5.91 Å². The second kappa shape index (κ2) is 10.3. The number of nitrogens with two attached hydrogens (primary N) is 1. The van der Waals surface area contributed by atoms with Crippen molar-refractivity contribution in [2.45, 2.75) is 39.3 Å². The van der Waals surface area contributed by atoms with Crippen LogP contribution < -0.4 is 16.4 Å². The van der Waals surface area contributed by atoms with Crippen molar-refractivity contribution in [2.75, 3.05) is 19.6 Å². The van der Waals surface area contributed by atoms with Crippen molar-refractivity contribution in [3.05, 3.63) is 23.7 Å². The first-order valence-electron chi connectivity index (χ1n) is 8.24. The molecule has 8 nitrogen and oxygen atoms in total. The van der Waals surface area contributed by atoms with Crippen LogP contribution in [-0.4, -0.2) is 48.3 Å². The van der Waals surface area contributed by atoms with E-state index in [1.807, 2.05) is 18.7 Å². The highest BCUT2D eigenvalue weighted by Gasteiger charge is 2.25. The number of hydrogen-bond donors (Lipinski definition) is 3. The number of aliphatic imine (C=N–C) groups is 1. The lowest BCUT2D eigenvalue weighted by Crippen LogP contribution is -2.45. The van der Waals surface area contributed by atoms with Gasteiger partial charge in [0.05, 0.1) is 0 Å². The maximum atomic E-state index is 11.7. The van der Waals surface area contributed by atoms with Crippen molar-refractivity contribution in [3.63, 3.8) is 0 Å². The molecule has 9 heteroatoms. The van der Waals surface area contributed by atoms with E-state index in [1.165, 1.54) is 0 Å². The summed E-state index contributed by atoms with van der Waals surface area (Å²) in [6, 6.07) is 3.40. The Balaban J connectivity index is 0.00000312. The first-order chi connectivity index (χ1) is 11.5. The number of carbonyl (C=O) groups excluding carboxylic acids is 2. The van der Waals surface area contributed by atoms with Crippen LogP contribution in [0.2, 0.25) is 0 Å². The zero-order valence-electron chi connectivity index (χ0n) is 14.6. The molecule has 1 atom stereocenters. The van der Waals surface area contributed by atoms with Gasteiger partial charge in [0.25, 0.3) is 5.91 Å². The van der Waals surface area contributed by atoms with Gasteiger partial charge in [-0.15, -0.1) is 24.0 Å². The van der Waals surface area contributed by atoms with Gasteiger partial charge in [-0.2, -0.15) is 0 Å². The Hall–Kier alpha value is -1.78. The Labute approximate surface area is 164 Å². The molecule has 0 radical (unpaired) electrons. The standard InChI is InChI=1S/C16H25N5O3.HI/c1-3-14(22)21-8-7-11(10-21)20-16(18-4-2)19-9-12-5-6-13(24-12)15(17)23;/h5-6,11H,3-4,7-10H2,1-2H3,(H2,17,23)(H2,18,19,20);1H. The number of halogens is 1. The van der Waals surface area contributed by atoms with Gasteiger partial charge in [0, 0.05) is 32.1 Å². The first kappa shape index (κ1) is 21.3. The molecular weight excluding hydrogens is 437 g/mol. The maximum Gasteiger partial charge on any atom is 0.284 e. The van der Waals surface area contributed by atoms with Crippen LogP contribution in [-0.2, 0) is 11.3 Å². The smallest absolute Gasteiger partial charge is 0.284 e. The van der Waals surface area contributed by atoms with Crippen molar-refractivity contribution in [2.24, 2.45) is 10.7 Å². The lowest BCUT2D eigenvalue weighted by Gasteiger charge is -2.18. The minimum Gasteiger partial charge on any atom is -0.454 e. The van der Waals surface area contributed by atoms with Crippen molar-refractivity contribution < 1.29 is 14.0 Å². The number of guanidine groups is 1. The van der Waals surface area contributed by atoms with Gasteiger partial charge < -0.3 is 25.7 Å². The molecule has 0 saturated carbocycles. The maximum absolute atomic E-state index is 11.7. The van der Waals surface area contributed by atoms with Crippen LogP contribution in [0.4, 0.5) is 0 Å². The Morgan fingerprint density at radius 3 is 2.76 bits per heavy atom. The van der Waals surface area contributed by atoms with Gasteiger partial charge in [-0.1, -0.05) is 6.92 Å². The Morgan fingerprint density at radius 2 is 2.16 bits per heavy atom. The monoisotopic (exact) mass is 463 g/mol. The molecule has 2 amide bonds. The molecule has 2 rings (SSSR count). The third-order valence-electron chi connectivity index (χ3n) is 3.83. The number of primary amides is 1. The summed E-state index contributed by atoms with van der Waals surface area (Å²) in [7, 11) is 0. The van der Waals surface area contributed by atoms with Crippen LogP contribution in [0.25, 0.3) is 0 Å². The molecule has 1 aliphatic rings. The van der Waals surface area contributed by atoms with E-state index in [4.69, 9.17) is 10.2 Å². The van der Waals surface area contributed by atoms with Crippen LogP contribution in [0.5, 0.6) is 0 Å². The first-order valence-corrected chi connectivity index (χ1v) is 8.24. The van der Waals surface area contributed by atoms with Crippen LogP contribution >= 0.6 is 24.0 Å². The number of furan rings is 1. The van der Waals surface area contributed by atoms with Crippen molar-refractivity contribution in [1.82, 2.24) is 15.5 Å². The second-order valence-electron chi connectivity index (χ2n) is 5.65. The molecule has 0 aliphatic carbocycles. The molecule has 0 bridgehead atoms. The fourth-order valence-electron chi connectivity index (χ4n) is 2.59. The van der Waals surface area contributed by atoms with E-state index >= 15 is 0 Å². The quantitative estimate of drug-likeness (QED) is 0.332. The molecule has 4 N–H and O–H groups in total. The van der Waals surface area contributed by atoms with Crippen LogP contribution in [0.1, 0.15) is 43.0 Å². The number of nitrogens with one attached hydrogen (secondary N) is 2.